The minimum Gasteiger partial charge on any atom is -0.466 e. The lowest BCUT2D eigenvalue weighted by Gasteiger charge is -2.31. The van der Waals surface area contributed by atoms with Gasteiger partial charge in [0.1, 0.15) is 6.07 Å². The van der Waals surface area contributed by atoms with E-state index in [1.54, 1.807) is 24.3 Å². The number of esters is 1. The SMILES string of the molecule is CCOC(=O)C1CC[NH+]([C@H](C)C(=O)Nc2ccccc2C#N)CC1. The number of piperidine rings is 1. The minimum atomic E-state index is -0.236. The zero-order valence-electron chi connectivity index (χ0n) is 14.2. The van der Waals surface area contributed by atoms with Crippen LogP contribution in [-0.4, -0.2) is 37.6 Å². The van der Waals surface area contributed by atoms with Crippen molar-refractivity contribution in [2.45, 2.75) is 32.7 Å². The van der Waals surface area contributed by atoms with E-state index in [1.807, 2.05) is 13.8 Å². The molecule has 1 aromatic rings. The predicted molar refractivity (Wildman–Crippen MR) is 89.3 cm³/mol. The summed E-state index contributed by atoms with van der Waals surface area (Å²) in [5.74, 6) is -0.290. The zero-order chi connectivity index (χ0) is 17.5. The lowest BCUT2D eigenvalue weighted by atomic mass is 9.96. The minimum absolute atomic E-state index is 0.0525. The van der Waals surface area contributed by atoms with Gasteiger partial charge in [0.25, 0.3) is 5.91 Å². The van der Waals surface area contributed by atoms with Crippen LogP contribution in [0.15, 0.2) is 24.3 Å². The second-order valence-electron chi connectivity index (χ2n) is 6.05. The number of benzene rings is 1. The molecule has 0 aliphatic carbocycles. The molecular weight excluding hydrogens is 306 g/mol. The van der Waals surface area contributed by atoms with Gasteiger partial charge in [-0.3, -0.25) is 9.59 Å². The van der Waals surface area contributed by atoms with Crippen LogP contribution < -0.4 is 10.2 Å². The normalized spacial score (nSPS) is 21.4. The number of carbonyl (C=O) groups excluding carboxylic acids is 2. The number of nitrogens with zero attached hydrogens (tertiary/aromatic N) is 1. The first-order chi connectivity index (χ1) is 11.6. The van der Waals surface area contributed by atoms with Crippen molar-refractivity contribution in [3.05, 3.63) is 29.8 Å². The Labute approximate surface area is 142 Å². The molecule has 1 fully saturated rings. The Hall–Kier alpha value is -2.39. The number of nitrogens with one attached hydrogen (secondary N) is 2. The van der Waals surface area contributed by atoms with Gasteiger partial charge in [-0.1, -0.05) is 12.1 Å². The lowest BCUT2D eigenvalue weighted by Crippen LogP contribution is -3.17. The Kier molecular flexibility index (Phi) is 6.33. The van der Waals surface area contributed by atoms with Crippen LogP contribution in [0.2, 0.25) is 0 Å². The molecule has 24 heavy (non-hydrogen) atoms. The molecule has 1 aliphatic rings. The molecule has 1 aliphatic heterocycles. The molecule has 0 bridgehead atoms. The van der Waals surface area contributed by atoms with Crippen LogP contribution in [0, 0.1) is 17.2 Å². The summed E-state index contributed by atoms with van der Waals surface area (Å²) in [5.41, 5.74) is 0.992. The Balaban J connectivity index is 1.91. The van der Waals surface area contributed by atoms with Gasteiger partial charge in [0, 0.05) is 12.8 Å². The molecule has 6 nitrogen and oxygen atoms in total. The van der Waals surface area contributed by atoms with Crippen molar-refractivity contribution in [2.75, 3.05) is 25.0 Å². The van der Waals surface area contributed by atoms with Gasteiger partial charge < -0.3 is 15.0 Å². The molecule has 0 unspecified atom stereocenters. The van der Waals surface area contributed by atoms with Gasteiger partial charge in [0.15, 0.2) is 6.04 Å². The highest BCUT2D eigenvalue weighted by Crippen LogP contribution is 2.14. The third-order valence-corrected chi connectivity index (χ3v) is 4.56. The molecule has 0 saturated carbocycles. The average Bonchev–Trinajstić information content (AvgIpc) is 2.61. The van der Waals surface area contributed by atoms with Crippen molar-refractivity contribution in [3.63, 3.8) is 0 Å². The van der Waals surface area contributed by atoms with Gasteiger partial charge >= 0.3 is 5.97 Å². The number of nitriles is 1. The number of amides is 1. The second kappa shape index (κ2) is 8.46. The van der Waals surface area contributed by atoms with Gasteiger partial charge in [-0.15, -0.1) is 0 Å². The van der Waals surface area contributed by atoms with Crippen LogP contribution in [0.3, 0.4) is 0 Å². The summed E-state index contributed by atoms with van der Waals surface area (Å²) in [4.78, 5) is 25.4. The van der Waals surface area contributed by atoms with Gasteiger partial charge in [0.05, 0.1) is 36.9 Å². The highest BCUT2D eigenvalue weighted by molar-refractivity contribution is 5.94. The third-order valence-electron chi connectivity index (χ3n) is 4.56. The van der Waals surface area contributed by atoms with Crippen molar-refractivity contribution in [1.29, 1.82) is 5.26 Å². The first-order valence-electron chi connectivity index (χ1n) is 8.38. The Morgan fingerprint density at radius 3 is 2.67 bits per heavy atom. The highest BCUT2D eigenvalue weighted by atomic mass is 16.5. The fourth-order valence-electron chi connectivity index (χ4n) is 3.03. The van der Waals surface area contributed by atoms with Crippen LogP contribution >= 0.6 is 0 Å². The summed E-state index contributed by atoms with van der Waals surface area (Å²) in [7, 11) is 0. The Morgan fingerprint density at radius 1 is 1.38 bits per heavy atom. The topological polar surface area (TPSA) is 83.6 Å². The average molecular weight is 330 g/mol. The van der Waals surface area contributed by atoms with E-state index in [9.17, 15) is 9.59 Å². The maximum atomic E-state index is 12.5. The Morgan fingerprint density at radius 2 is 2.04 bits per heavy atom. The molecule has 1 saturated heterocycles. The molecule has 1 aromatic carbocycles. The second-order valence-corrected chi connectivity index (χ2v) is 6.05. The summed E-state index contributed by atoms with van der Waals surface area (Å²) in [5, 5.41) is 11.9. The largest absolute Gasteiger partial charge is 0.466 e. The van der Waals surface area contributed by atoms with E-state index in [1.165, 1.54) is 0 Å². The van der Waals surface area contributed by atoms with Crippen LogP contribution in [0.4, 0.5) is 5.69 Å². The van der Waals surface area contributed by atoms with Crippen LogP contribution in [0.1, 0.15) is 32.3 Å². The monoisotopic (exact) mass is 330 g/mol. The number of para-hydroxylation sites is 1. The van der Waals surface area contributed by atoms with Crippen LogP contribution in [-0.2, 0) is 14.3 Å². The maximum Gasteiger partial charge on any atom is 0.309 e. The third kappa shape index (κ3) is 4.33. The molecule has 2 N–H and O–H groups in total. The van der Waals surface area contributed by atoms with Gasteiger partial charge in [-0.25, -0.2) is 0 Å². The fraction of sp³-hybridized carbons (Fsp3) is 0.500. The van der Waals surface area contributed by atoms with Crippen molar-refractivity contribution < 1.29 is 19.2 Å². The van der Waals surface area contributed by atoms with Crippen LogP contribution in [0.5, 0.6) is 0 Å². The van der Waals surface area contributed by atoms with Gasteiger partial charge in [-0.2, -0.15) is 5.26 Å². The van der Waals surface area contributed by atoms with E-state index in [2.05, 4.69) is 11.4 Å². The molecule has 2 rings (SSSR count). The number of hydrogen-bond acceptors (Lipinski definition) is 4. The summed E-state index contributed by atoms with van der Waals surface area (Å²) in [6.07, 6.45) is 1.47. The molecule has 0 spiro atoms. The number of likely N-dealkylation sites (tertiary alicyclic amines) is 1. The number of ether oxygens (including phenoxy) is 1. The van der Waals surface area contributed by atoms with E-state index in [0.717, 1.165) is 30.8 Å². The lowest BCUT2D eigenvalue weighted by molar-refractivity contribution is -0.919. The van der Waals surface area contributed by atoms with Gasteiger partial charge in [0.2, 0.25) is 0 Å². The fourth-order valence-corrected chi connectivity index (χ4v) is 3.03. The first kappa shape index (κ1) is 18.0. The first-order valence-corrected chi connectivity index (χ1v) is 8.38. The van der Waals surface area contributed by atoms with Crippen LogP contribution in [0.25, 0.3) is 0 Å². The number of rotatable bonds is 5. The highest BCUT2D eigenvalue weighted by Gasteiger charge is 2.33. The molecule has 0 aromatic heterocycles. The Bertz CT molecular complexity index is 631. The van der Waals surface area contributed by atoms with Gasteiger partial charge in [-0.05, 0) is 26.0 Å². The van der Waals surface area contributed by atoms with Crippen molar-refractivity contribution in [3.8, 4) is 6.07 Å². The molecule has 6 heteroatoms. The standard InChI is InChI=1S/C18H23N3O3/c1-3-24-18(23)14-8-10-21(11-9-14)13(2)17(22)20-16-7-5-4-6-15(16)12-19/h4-7,13-14H,3,8-11H2,1-2H3,(H,20,22)/p+1/t13-/m1/s1. The van der Waals surface area contributed by atoms with E-state index in [-0.39, 0.29) is 23.8 Å². The van der Waals surface area contributed by atoms with Crippen molar-refractivity contribution in [2.24, 2.45) is 5.92 Å². The molecule has 128 valence electrons. The maximum absolute atomic E-state index is 12.5. The van der Waals surface area contributed by atoms with E-state index >= 15 is 0 Å². The smallest absolute Gasteiger partial charge is 0.309 e. The molecule has 0 radical (unpaired) electrons. The molecular formula is C18H24N3O3+. The zero-order valence-corrected chi connectivity index (χ0v) is 14.2. The van der Waals surface area contributed by atoms with Crippen molar-refractivity contribution >= 4 is 17.6 Å². The van der Waals surface area contributed by atoms with E-state index in [0.29, 0.717) is 17.9 Å². The number of anilines is 1. The summed E-state index contributed by atoms with van der Waals surface area (Å²) >= 11 is 0. The number of hydrogen-bond donors (Lipinski definition) is 2. The predicted octanol–water partition coefficient (Wildman–Crippen LogP) is 0.743. The molecule has 1 atom stereocenters. The summed E-state index contributed by atoms with van der Waals surface area (Å²) < 4.78 is 5.07. The molecule has 1 amide bonds. The van der Waals surface area contributed by atoms with E-state index < -0.39 is 0 Å². The quantitative estimate of drug-likeness (QED) is 0.780. The summed E-state index contributed by atoms with van der Waals surface area (Å²) in [6.45, 7) is 5.62. The number of quaternary nitrogens is 1. The summed E-state index contributed by atoms with van der Waals surface area (Å²) in [6, 6.07) is 8.80. The van der Waals surface area contributed by atoms with Crippen molar-refractivity contribution in [1.82, 2.24) is 0 Å². The van der Waals surface area contributed by atoms with E-state index in [4.69, 9.17) is 10.00 Å². The number of carbonyl (C=O) groups is 2. The molecule has 1 heterocycles.